The number of anilines is 1. The van der Waals surface area contributed by atoms with Crippen LogP contribution in [0.1, 0.15) is 31.2 Å². The van der Waals surface area contributed by atoms with Gasteiger partial charge < -0.3 is 14.8 Å². The van der Waals surface area contributed by atoms with Gasteiger partial charge >= 0.3 is 0 Å². The Hall–Kier alpha value is -3.97. The van der Waals surface area contributed by atoms with Crippen molar-refractivity contribution < 1.29 is 19.1 Å². The van der Waals surface area contributed by atoms with Crippen LogP contribution in [0, 0.1) is 0 Å². The molecule has 2 aromatic carbocycles. The summed E-state index contributed by atoms with van der Waals surface area (Å²) in [4.78, 5) is 30.4. The maximum absolute atomic E-state index is 13.0. The average molecular weight is 445 g/mol. The Labute approximate surface area is 189 Å². The molecule has 4 rings (SSSR count). The predicted molar refractivity (Wildman–Crippen MR) is 124 cm³/mol. The summed E-state index contributed by atoms with van der Waals surface area (Å²) in [6.07, 6.45) is 3.39. The van der Waals surface area contributed by atoms with Crippen LogP contribution in [0.25, 0.3) is 0 Å². The number of nitrogens with zero attached hydrogens (tertiary/aromatic N) is 1. The highest BCUT2D eigenvalue weighted by atomic mass is 32.1. The lowest BCUT2D eigenvalue weighted by atomic mass is 10.0. The van der Waals surface area contributed by atoms with Crippen LogP contribution in [0.4, 0.5) is 5.69 Å². The highest BCUT2D eigenvalue weighted by molar-refractivity contribution is 7.12. The first-order chi connectivity index (χ1) is 15.7. The molecule has 0 aliphatic heterocycles. The van der Waals surface area contributed by atoms with E-state index in [0.29, 0.717) is 39.8 Å². The monoisotopic (exact) mass is 444 g/mol. The number of amides is 1. The summed E-state index contributed by atoms with van der Waals surface area (Å²) >= 11 is 1.34. The third kappa shape index (κ3) is 4.84. The van der Waals surface area contributed by atoms with Gasteiger partial charge in [0.1, 0.15) is 6.61 Å². The Morgan fingerprint density at radius 1 is 0.938 bits per heavy atom. The minimum atomic E-state index is -0.379. The molecule has 160 valence electrons. The molecule has 0 atom stereocenters. The van der Waals surface area contributed by atoms with E-state index in [4.69, 9.17) is 9.47 Å². The van der Waals surface area contributed by atoms with Gasteiger partial charge in [-0.2, -0.15) is 0 Å². The van der Waals surface area contributed by atoms with E-state index in [2.05, 4.69) is 10.3 Å². The fraction of sp³-hybridized carbons (Fsp3) is 0.0800. The molecule has 6 nitrogen and oxygen atoms in total. The smallest absolute Gasteiger partial charge is 0.256 e. The molecule has 0 unspecified atom stereocenters. The van der Waals surface area contributed by atoms with Gasteiger partial charge in [-0.3, -0.25) is 14.6 Å². The number of rotatable bonds is 8. The van der Waals surface area contributed by atoms with Crippen LogP contribution in [0.2, 0.25) is 0 Å². The van der Waals surface area contributed by atoms with E-state index >= 15 is 0 Å². The largest absolute Gasteiger partial charge is 0.493 e. The zero-order valence-corrected chi connectivity index (χ0v) is 18.1. The molecule has 0 fully saturated rings. The second kappa shape index (κ2) is 9.89. The number of hydrogen-bond donors (Lipinski definition) is 1. The number of ketones is 1. The minimum Gasteiger partial charge on any atom is -0.493 e. The summed E-state index contributed by atoms with van der Waals surface area (Å²) in [7, 11) is 1.55. The first kappa shape index (κ1) is 21.3. The Morgan fingerprint density at radius 3 is 2.44 bits per heavy atom. The van der Waals surface area contributed by atoms with Crippen LogP contribution in [0.3, 0.4) is 0 Å². The quantitative estimate of drug-likeness (QED) is 0.377. The van der Waals surface area contributed by atoms with E-state index in [-0.39, 0.29) is 11.7 Å². The average Bonchev–Trinajstić information content (AvgIpc) is 3.38. The summed E-state index contributed by atoms with van der Waals surface area (Å²) in [6, 6.07) is 19.2. The summed E-state index contributed by atoms with van der Waals surface area (Å²) < 4.78 is 11.3. The second-order valence-corrected chi connectivity index (χ2v) is 7.76. The maximum Gasteiger partial charge on any atom is 0.256 e. The number of methoxy groups -OCH3 is 1. The Balaban J connectivity index is 1.54. The van der Waals surface area contributed by atoms with Crippen LogP contribution in [-0.2, 0) is 6.61 Å². The van der Waals surface area contributed by atoms with E-state index in [1.54, 1.807) is 68.0 Å². The van der Waals surface area contributed by atoms with Crippen molar-refractivity contribution in [2.24, 2.45) is 0 Å². The lowest BCUT2D eigenvalue weighted by molar-refractivity contribution is 0.0997. The van der Waals surface area contributed by atoms with Crippen molar-refractivity contribution in [2.45, 2.75) is 6.61 Å². The molecular weight excluding hydrogens is 424 g/mol. The summed E-state index contributed by atoms with van der Waals surface area (Å²) in [5.74, 6) is 0.480. The number of hydrogen-bond acceptors (Lipinski definition) is 6. The van der Waals surface area contributed by atoms with Gasteiger partial charge in [0.2, 0.25) is 5.78 Å². The molecule has 0 bridgehead atoms. The molecule has 0 saturated carbocycles. The van der Waals surface area contributed by atoms with Crippen molar-refractivity contribution in [3.05, 3.63) is 106 Å². The highest BCUT2D eigenvalue weighted by Crippen LogP contribution is 2.31. The number of pyridine rings is 1. The number of thiophene rings is 1. The fourth-order valence-electron chi connectivity index (χ4n) is 3.13. The molecule has 1 N–H and O–H groups in total. The Morgan fingerprint density at radius 2 is 1.72 bits per heavy atom. The minimum absolute atomic E-state index is 0.179. The van der Waals surface area contributed by atoms with E-state index in [1.165, 1.54) is 11.3 Å². The standard InChI is InChI=1S/C25H20N2O4S/c1-30-21-9-8-18(15-22(21)31-16-17-10-12-26-13-11-17)27-25(29)20-6-3-2-5-19(20)24(28)23-7-4-14-32-23/h2-15H,16H2,1H3,(H,27,29). The second-order valence-electron chi connectivity index (χ2n) is 6.82. The lowest BCUT2D eigenvalue weighted by Crippen LogP contribution is -2.16. The normalized spacial score (nSPS) is 10.4. The molecule has 0 aliphatic rings. The number of aromatic nitrogens is 1. The summed E-state index contributed by atoms with van der Waals surface area (Å²) in [5.41, 5.74) is 2.15. The summed E-state index contributed by atoms with van der Waals surface area (Å²) in [5, 5.41) is 4.69. The van der Waals surface area contributed by atoms with Gasteiger partial charge in [-0.15, -0.1) is 11.3 Å². The summed E-state index contributed by atoms with van der Waals surface area (Å²) in [6.45, 7) is 0.328. The van der Waals surface area contributed by atoms with Crippen molar-refractivity contribution in [3.63, 3.8) is 0 Å². The molecule has 7 heteroatoms. The number of carbonyl (C=O) groups is 2. The molecule has 32 heavy (non-hydrogen) atoms. The van der Waals surface area contributed by atoms with Crippen molar-refractivity contribution in [3.8, 4) is 11.5 Å². The molecule has 1 amide bonds. The predicted octanol–water partition coefficient (Wildman–Crippen LogP) is 5.21. The van der Waals surface area contributed by atoms with Crippen LogP contribution in [0.15, 0.2) is 84.5 Å². The third-order valence-electron chi connectivity index (χ3n) is 4.73. The van der Waals surface area contributed by atoms with Crippen LogP contribution >= 0.6 is 11.3 Å². The van der Waals surface area contributed by atoms with Gasteiger partial charge in [0, 0.05) is 29.7 Å². The van der Waals surface area contributed by atoms with Gasteiger partial charge in [-0.1, -0.05) is 24.3 Å². The molecular formula is C25H20N2O4S. The highest BCUT2D eigenvalue weighted by Gasteiger charge is 2.19. The van der Waals surface area contributed by atoms with E-state index in [9.17, 15) is 9.59 Å². The maximum atomic E-state index is 13.0. The van der Waals surface area contributed by atoms with Gasteiger partial charge in [0.25, 0.3) is 5.91 Å². The molecule has 0 radical (unpaired) electrons. The number of benzene rings is 2. The lowest BCUT2D eigenvalue weighted by Gasteiger charge is -2.14. The van der Waals surface area contributed by atoms with Crippen molar-refractivity contribution in [1.82, 2.24) is 4.98 Å². The van der Waals surface area contributed by atoms with Crippen molar-refractivity contribution in [2.75, 3.05) is 12.4 Å². The third-order valence-corrected chi connectivity index (χ3v) is 5.60. The van der Waals surface area contributed by atoms with Gasteiger partial charge in [-0.25, -0.2) is 0 Å². The topological polar surface area (TPSA) is 77.5 Å². The fourth-order valence-corrected chi connectivity index (χ4v) is 3.80. The Kier molecular flexibility index (Phi) is 6.57. The first-order valence-electron chi connectivity index (χ1n) is 9.84. The molecule has 4 aromatic rings. The van der Waals surface area contributed by atoms with Crippen LogP contribution in [-0.4, -0.2) is 23.8 Å². The van der Waals surface area contributed by atoms with E-state index < -0.39 is 0 Å². The molecule has 0 spiro atoms. The molecule has 2 heterocycles. The van der Waals surface area contributed by atoms with Gasteiger partial charge in [0.05, 0.1) is 17.6 Å². The van der Waals surface area contributed by atoms with E-state index in [0.717, 1.165) is 5.56 Å². The first-order valence-corrected chi connectivity index (χ1v) is 10.7. The zero-order valence-electron chi connectivity index (χ0n) is 17.3. The van der Waals surface area contributed by atoms with Crippen LogP contribution in [0.5, 0.6) is 11.5 Å². The zero-order chi connectivity index (χ0) is 22.3. The van der Waals surface area contributed by atoms with Crippen molar-refractivity contribution in [1.29, 1.82) is 0 Å². The van der Waals surface area contributed by atoms with Gasteiger partial charge in [-0.05, 0) is 47.3 Å². The molecule has 0 saturated heterocycles. The number of ether oxygens (including phenoxy) is 2. The van der Waals surface area contributed by atoms with Gasteiger partial charge in [0.15, 0.2) is 11.5 Å². The molecule has 0 aliphatic carbocycles. The Bertz CT molecular complexity index is 1220. The van der Waals surface area contributed by atoms with Crippen LogP contribution < -0.4 is 14.8 Å². The SMILES string of the molecule is COc1ccc(NC(=O)c2ccccc2C(=O)c2cccs2)cc1OCc1ccncc1. The number of nitrogens with one attached hydrogen (secondary N) is 1. The molecule has 2 aromatic heterocycles. The van der Waals surface area contributed by atoms with E-state index in [1.807, 2.05) is 23.6 Å². The van der Waals surface area contributed by atoms with Crippen molar-refractivity contribution >= 4 is 28.7 Å². The number of carbonyl (C=O) groups excluding carboxylic acids is 2.